The Morgan fingerprint density at radius 3 is 2.84 bits per heavy atom. The highest BCUT2D eigenvalue weighted by molar-refractivity contribution is 7.90. The number of sulfone groups is 1. The van der Waals surface area contributed by atoms with Crippen LogP contribution < -0.4 is 10.6 Å². The van der Waals surface area contributed by atoms with Gasteiger partial charge in [0.15, 0.2) is 9.84 Å². The predicted octanol–water partition coefficient (Wildman–Crippen LogP) is 1.89. The standard InChI is InChI=1S/C14H22N2O2S/c1-19(17,18)14-7-3-2-6-13(14)16-10-8-12-5-4-9-15-11-12/h2-3,6-7,12,15-16H,4-5,8-11H2,1H3. The van der Waals surface area contributed by atoms with Crippen molar-refractivity contribution in [2.24, 2.45) is 5.92 Å². The number of piperidine rings is 1. The summed E-state index contributed by atoms with van der Waals surface area (Å²) in [4.78, 5) is 0.386. The van der Waals surface area contributed by atoms with Crippen molar-refractivity contribution in [2.75, 3.05) is 31.2 Å². The Hall–Kier alpha value is -1.07. The van der Waals surface area contributed by atoms with Gasteiger partial charge in [-0.05, 0) is 50.4 Å². The molecule has 1 aromatic carbocycles. The maximum Gasteiger partial charge on any atom is 0.177 e. The molecule has 106 valence electrons. The fourth-order valence-electron chi connectivity index (χ4n) is 2.52. The van der Waals surface area contributed by atoms with E-state index in [-0.39, 0.29) is 0 Å². The first-order valence-electron chi connectivity index (χ1n) is 6.81. The van der Waals surface area contributed by atoms with E-state index in [1.165, 1.54) is 19.1 Å². The van der Waals surface area contributed by atoms with Crippen molar-refractivity contribution in [3.05, 3.63) is 24.3 Å². The molecule has 4 nitrogen and oxygen atoms in total. The van der Waals surface area contributed by atoms with Gasteiger partial charge in [-0.15, -0.1) is 0 Å². The second kappa shape index (κ2) is 6.39. The average molecular weight is 282 g/mol. The largest absolute Gasteiger partial charge is 0.384 e. The smallest absolute Gasteiger partial charge is 0.177 e. The van der Waals surface area contributed by atoms with Gasteiger partial charge in [-0.1, -0.05) is 12.1 Å². The minimum atomic E-state index is -3.16. The Labute approximate surface area is 115 Å². The summed E-state index contributed by atoms with van der Waals surface area (Å²) in [7, 11) is -3.16. The van der Waals surface area contributed by atoms with E-state index in [9.17, 15) is 8.42 Å². The lowest BCUT2D eigenvalue weighted by atomic mass is 9.96. The maximum absolute atomic E-state index is 11.7. The lowest BCUT2D eigenvalue weighted by molar-refractivity contribution is 0.364. The van der Waals surface area contributed by atoms with Crippen molar-refractivity contribution in [3.63, 3.8) is 0 Å². The molecule has 1 aromatic rings. The zero-order valence-electron chi connectivity index (χ0n) is 11.4. The molecule has 1 aliphatic rings. The molecule has 0 bridgehead atoms. The number of rotatable bonds is 5. The monoisotopic (exact) mass is 282 g/mol. The van der Waals surface area contributed by atoms with Crippen LogP contribution in [0.15, 0.2) is 29.2 Å². The van der Waals surface area contributed by atoms with Gasteiger partial charge < -0.3 is 10.6 Å². The molecule has 0 radical (unpaired) electrons. The van der Waals surface area contributed by atoms with Gasteiger partial charge in [-0.2, -0.15) is 0 Å². The second-order valence-electron chi connectivity index (χ2n) is 5.20. The molecule has 0 aliphatic carbocycles. The van der Waals surface area contributed by atoms with Gasteiger partial charge in [0, 0.05) is 12.8 Å². The van der Waals surface area contributed by atoms with Crippen LogP contribution >= 0.6 is 0 Å². The first-order chi connectivity index (χ1) is 9.07. The Bertz CT molecular complexity index is 508. The molecule has 0 saturated carbocycles. The van der Waals surface area contributed by atoms with E-state index in [2.05, 4.69) is 10.6 Å². The van der Waals surface area contributed by atoms with Crippen molar-refractivity contribution >= 4 is 15.5 Å². The summed E-state index contributed by atoms with van der Waals surface area (Å²) < 4.78 is 23.3. The molecular weight excluding hydrogens is 260 g/mol. The molecule has 19 heavy (non-hydrogen) atoms. The molecule has 1 atom stereocenters. The van der Waals surface area contributed by atoms with E-state index in [1.54, 1.807) is 12.1 Å². The third-order valence-electron chi connectivity index (χ3n) is 3.55. The molecule has 1 fully saturated rings. The number of para-hydroxylation sites is 1. The van der Waals surface area contributed by atoms with Crippen LogP contribution in [-0.4, -0.2) is 34.3 Å². The van der Waals surface area contributed by atoms with Crippen molar-refractivity contribution in [1.82, 2.24) is 5.32 Å². The number of benzene rings is 1. The fourth-order valence-corrected chi connectivity index (χ4v) is 3.38. The summed E-state index contributed by atoms with van der Waals surface area (Å²) in [5.41, 5.74) is 0.716. The molecule has 1 heterocycles. The Morgan fingerprint density at radius 1 is 1.37 bits per heavy atom. The lowest BCUT2D eigenvalue weighted by Gasteiger charge is -2.23. The maximum atomic E-state index is 11.7. The van der Waals surface area contributed by atoms with Gasteiger partial charge in [-0.25, -0.2) is 8.42 Å². The van der Waals surface area contributed by atoms with Crippen LogP contribution in [-0.2, 0) is 9.84 Å². The van der Waals surface area contributed by atoms with Gasteiger partial charge in [-0.3, -0.25) is 0 Å². The van der Waals surface area contributed by atoms with Crippen LogP contribution in [0.3, 0.4) is 0 Å². The van der Waals surface area contributed by atoms with E-state index in [0.29, 0.717) is 16.5 Å². The molecule has 2 rings (SSSR count). The number of nitrogens with one attached hydrogen (secondary N) is 2. The molecule has 1 aliphatic heterocycles. The van der Waals surface area contributed by atoms with Crippen molar-refractivity contribution in [3.8, 4) is 0 Å². The topological polar surface area (TPSA) is 58.2 Å². The average Bonchev–Trinajstić information content (AvgIpc) is 2.39. The normalized spacial score (nSPS) is 20.2. The lowest BCUT2D eigenvalue weighted by Crippen LogP contribution is -2.30. The highest BCUT2D eigenvalue weighted by Gasteiger charge is 2.14. The van der Waals surface area contributed by atoms with Crippen LogP contribution in [0.2, 0.25) is 0 Å². The SMILES string of the molecule is CS(=O)(=O)c1ccccc1NCCC1CCCNC1. The quantitative estimate of drug-likeness (QED) is 0.866. The molecule has 0 spiro atoms. The zero-order valence-corrected chi connectivity index (χ0v) is 12.2. The third kappa shape index (κ3) is 4.21. The molecule has 0 amide bonds. The van der Waals surface area contributed by atoms with Crippen LogP contribution in [0.25, 0.3) is 0 Å². The Kier molecular flexibility index (Phi) is 4.82. The molecule has 5 heteroatoms. The first-order valence-corrected chi connectivity index (χ1v) is 8.70. The summed E-state index contributed by atoms with van der Waals surface area (Å²) in [6.07, 6.45) is 4.83. The van der Waals surface area contributed by atoms with E-state index in [1.807, 2.05) is 12.1 Å². The van der Waals surface area contributed by atoms with Gasteiger partial charge in [0.25, 0.3) is 0 Å². The van der Waals surface area contributed by atoms with E-state index in [4.69, 9.17) is 0 Å². The van der Waals surface area contributed by atoms with Gasteiger partial charge >= 0.3 is 0 Å². The first kappa shape index (κ1) is 14.3. The van der Waals surface area contributed by atoms with E-state index >= 15 is 0 Å². The van der Waals surface area contributed by atoms with Crippen molar-refractivity contribution in [2.45, 2.75) is 24.2 Å². The summed E-state index contributed by atoms with van der Waals surface area (Å²) >= 11 is 0. The van der Waals surface area contributed by atoms with E-state index in [0.717, 1.165) is 26.1 Å². The van der Waals surface area contributed by atoms with Gasteiger partial charge in [0.05, 0.1) is 10.6 Å². The molecule has 1 unspecified atom stereocenters. The Balaban J connectivity index is 1.92. The van der Waals surface area contributed by atoms with Crippen LogP contribution in [0.1, 0.15) is 19.3 Å². The van der Waals surface area contributed by atoms with Gasteiger partial charge in [0.2, 0.25) is 0 Å². The summed E-state index contributed by atoms with van der Waals surface area (Å²) in [5.74, 6) is 0.701. The number of hydrogen-bond acceptors (Lipinski definition) is 4. The number of hydrogen-bond donors (Lipinski definition) is 2. The van der Waals surface area contributed by atoms with E-state index < -0.39 is 9.84 Å². The minimum Gasteiger partial charge on any atom is -0.384 e. The zero-order chi connectivity index (χ0) is 13.7. The summed E-state index contributed by atoms with van der Waals surface area (Å²) in [6.45, 7) is 3.02. The second-order valence-corrected chi connectivity index (χ2v) is 7.18. The predicted molar refractivity (Wildman–Crippen MR) is 78.3 cm³/mol. The van der Waals surface area contributed by atoms with Gasteiger partial charge in [0.1, 0.15) is 0 Å². The van der Waals surface area contributed by atoms with Crippen molar-refractivity contribution < 1.29 is 8.42 Å². The molecule has 1 saturated heterocycles. The Morgan fingerprint density at radius 2 is 2.16 bits per heavy atom. The highest BCUT2D eigenvalue weighted by Crippen LogP contribution is 2.21. The minimum absolute atomic E-state index is 0.386. The van der Waals surface area contributed by atoms with Crippen LogP contribution in [0, 0.1) is 5.92 Å². The van der Waals surface area contributed by atoms with Crippen LogP contribution in [0.5, 0.6) is 0 Å². The fraction of sp³-hybridized carbons (Fsp3) is 0.571. The van der Waals surface area contributed by atoms with Crippen LogP contribution in [0.4, 0.5) is 5.69 Å². The molecule has 0 aromatic heterocycles. The number of anilines is 1. The molecular formula is C14H22N2O2S. The highest BCUT2D eigenvalue weighted by atomic mass is 32.2. The third-order valence-corrected chi connectivity index (χ3v) is 4.71. The molecule has 2 N–H and O–H groups in total. The summed E-state index contributed by atoms with van der Waals surface area (Å²) in [6, 6.07) is 7.10. The van der Waals surface area contributed by atoms with Crippen molar-refractivity contribution in [1.29, 1.82) is 0 Å². The summed E-state index contributed by atoms with van der Waals surface area (Å²) in [5, 5.41) is 6.66.